The Kier molecular flexibility index (Phi) is 5.89. The predicted octanol–water partition coefficient (Wildman–Crippen LogP) is 3.81. The molecule has 146 valence electrons. The lowest BCUT2D eigenvalue weighted by atomic mass is 9.96. The Morgan fingerprint density at radius 1 is 1.11 bits per heavy atom. The number of carbonyl (C=O) groups excluding carboxylic acids is 1. The number of nitrogen functional groups attached to an aromatic ring is 1. The van der Waals surface area contributed by atoms with Crippen LogP contribution in [0.15, 0.2) is 59.8 Å². The van der Waals surface area contributed by atoms with Crippen molar-refractivity contribution in [2.75, 3.05) is 16.9 Å². The Hall–Kier alpha value is -3.00. The van der Waals surface area contributed by atoms with Gasteiger partial charge in [0, 0.05) is 5.41 Å². The summed E-state index contributed by atoms with van der Waals surface area (Å²) in [5.74, 6) is 7.96. The maximum absolute atomic E-state index is 12.4. The summed E-state index contributed by atoms with van der Waals surface area (Å²) in [6.07, 6.45) is 0. The van der Waals surface area contributed by atoms with Gasteiger partial charge in [-0.1, -0.05) is 62.9 Å². The molecular weight excluding hydrogens is 374 g/mol. The Labute approximate surface area is 168 Å². The fraction of sp³-hybridized carbons (Fsp3) is 0.250. The summed E-state index contributed by atoms with van der Waals surface area (Å²) < 4.78 is 7.30. The zero-order chi connectivity index (χ0) is 20.1. The number of nitrogens with one attached hydrogen (secondary N) is 1. The summed E-state index contributed by atoms with van der Waals surface area (Å²) in [7, 11) is 0. The van der Waals surface area contributed by atoms with Crippen molar-refractivity contribution in [2.45, 2.75) is 31.3 Å². The summed E-state index contributed by atoms with van der Waals surface area (Å²) >= 11 is 1.23. The van der Waals surface area contributed by atoms with E-state index in [9.17, 15) is 4.79 Å². The molecular formula is C20H23N5O2S. The molecule has 1 aromatic heterocycles. The van der Waals surface area contributed by atoms with Crippen molar-refractivity contribution in [1.29, 1.82) is 0 Å². The van der Waals surface area contributed by atoms with Crippen LogP contribution in [-0.4, -0.2) is 26.5 Å². The van der Waals surface area contributed by atoms with E-state index in [1.165, 1.54) is 16.4 Å². The molecule has 1 amide bonds. The number of benzene rings is 2. The average Bonchev–Trinajstić information content (AvgIpc) is 3.03. The van der Waals surface area contributed by atoms with E-state index in [1.807, 2.05) is 69.3 Å². The van der Waals surface area contributed by atoms with Gasteiger partial charge >= 0.3 is 0 Å². The van der Waals surface area contributed by atoms with Gasteiger partial charge in [0.25, 0.3) is 0 Å². The molecule has 0 saturated heterocycles. The minimum Gasteiger partial charge on any atom is -0.455 e. The third kappa shape index (κ3) is 4.83. The summed E-state index contributed by atoms with van der Waals surface area (Å²) in [5, 5.41) is 11.6. The number of nitrogens with zero attached hydrogens (tertiary/aromatic N) is 3. The fourth-order valence-corrected chi connectivity index (χ4v) is 3.13. The minimum atomic E-state index is -0.226. The number of thioether (sulfide) groups is 1. The van der Waals surface area contributed by atoms with Gasteiger partial charge in [-0.2, -0.15) is 0 Å². The van der Waals surface area contributed by atoms with Crippen LogP contribution in [0, 0.1) is 0 Å². The van der Waals surface area contributed by atoms with Crippen LogP contribution in [-0.2, 0) is 10.2 Å². The van der Waals surface area contributed by atoms with E-state index in [2.05, 4.69) is 15.5 Å². The Morgan fingerprint density at radius 3 is 2.46 bits per heavy atom. The van der Waals surface area contributed by atoms with Crippen LogP contribution in [0.25, 0.3) is 0 Å². The van der Waals surface area contributed by atoms with Crippen LogP contribution in [0.5, 0.6) is 11.5 Å². The first-order valence-electron chi connectivity index (χ1n) is 8.80. The van der Waals surface area contributed by atoms with Crippen molar-refractivity contribution < 1.29 is 9.53 Å². The number of carbonyl (C=O) groups is 1. The number of rotatable bonds is 6. The Morgan fingerprint density at radius 2 is 1.79 bits per heavy atom. The molecule has 0 saturated carbocycles. The summed E-state index contributed by atoms with van der Waals surface area (Å²) in [4.78, 5) is 12.4. The number of para-hydroxylation sites is 3. The lowest BCUT2D eigenvalue weighted by Crippen LogP contribution is -2.24. The third-order valence-electron chi connectivity index (χ3n) is 3.80. The largest absolute Gasteiger partial charge is 0.455 e. The first-order chi connectivity index (χ1) is 13.3. The van der Waals surface area contributed by atoms with Gasteiger partial charge < -0.3 is 15.9 Å². The Balaban J connectivity index is 1.64. The molecule has 0 fully saturated rings. The molecule has 3 N–H and O–H groups in total. The van der Waals surface area contributed by atoms with Crippen LogP contribution < -0.4 is 15.9 Å². The van der Waals surface area contributed by atoms with E-state index >= 15 is 0 Å². The SMILES string of the molecule is CC(C)(C)c1nnc(SCC(=O)Nc2ccccc2Oc2ccccc2)n1N. The second-order valence-corrected chi connectivity index (χ2v) is 8.12. The average molecular weight is 398 g/mol. The molecule has 28 heavy (non-hydrogen) atoms. The molecule has 0 atom stereocenters. The second-order valence-electron chi connectivity index (χ2n) is 7.17. The Bertz CT molecular complexity index is 951. The maximum Gasteiger partial charge on any atom is 0.234 e. The van der Waals surface area contributed by atoms with E-state index in [0.717, 1.165) is 0 Å². The van der Waals surface area contributed by atoms with Crippen LogP contribution in [0.3, 0.4) is 0 Å². The quantitative estimate of drug-likeness (QED) is 0.485. The zero-order valence-corrected chi connectivity index (χ0v) is 16.9. The predicted molar refractivity (Wildman–Crippen MR) is 111 cm³/mol. The van der Waals surface area contributed by atoms with Crippen LogP contribution in [0.4, 0.5) is 5.69 Å². The lowest BCUT2D eigenvalue weighted by Gasteiger charge is -2.16. The molecule has 0 aliphatic carbocycles. The smallest absolute Gasteiger partial charge is 0.234 e. The number of hydrogen-bond donors (Lipinski definition) is 2. The molecule has 1 heterocycles. The molecule has 0 aliphatic rings. The van der Waals surface area contributed by atoms with Gasteiger partial charge in [-0.15, -0.1) is 10.2 Å². The summed E-state index contributed by atoms with van der Waals surface area (Å²) in [6.45, 7) is 6.02. The highest BCUT2D eigenvalue weighted by molar-refractivity contribution is 7.99. The van der Waals surface area contributed by atoms with Crippen LogP contribution in [0.2, 0.25) is 0 Å². The number of anilines is 1. The molecule has 3 rings (SSSR count). The minimum absolute atomic E-state index is 0.152. The topological polar surface area (TPSA) is 95.1 Å². The molecule has 0 aliphatic heterocycles. The van der Waals surface area contributed by atoms with Crippen LogP contribution >= 0.6 is 11.8 Å². The van der Waals surface area contributed by atoms with Gasteiger partial charge in [-0.25, -0.2) is 4.68 Å². The van der Waals surface area contributed by atoms with Crippen molar-refractivity contribution in [3.63, 3.8) is 0 Å². The third-order valence-corrected chi connectivity index (χ3v) is 4.74. The fourth-order valence-electron chi connectivity index (χ4n) is 2.48. The van der Waals surface area contributed by atoms with Gasteiger partial charge in [-0.3, -0.25) is 4.79 Å². The van der Waals surface area contributed by atoms with Crippen molar-refractivity contribution in [1.82, 2.24) is 14.9 Å². The standard InChI is InChI=1S/C20H23N5O2S/c1-20(2,3)18-23-24-19(25(18)21)28-13-17(26)22-15-11-7-8-12-16(15)27-14-9-5-4-6-10-14/h4-12H,13,21H2,1-3H3,(H,22,26). The van der Waals surface area contributed by atoms with E-state index in [4.69, 9.17) is 10.6 Å². The molecule has 3 aromatic rings. The summed E-state index contributed by atoms with van der Waals surface area (Å²) in [6, 6.07) is 16.7. The van der Waals surface area contributed by atoms with Gasteiger partial charge in [0.2, 0.25) is 11.1 Å². The first kappa shape index (κ1) is 19.8. The molecule has 0 radical (unpaired) electrons. The van der Waals surface area contributed by atoms with Crippen molar-refractivity contribution in [3.05, 3.63) is 60.4 Å². The number of hydrogen-bond acceptors (Lipinski definition) is 6. The van der Waals surface area contributed by atoms with Gasteiger partial charge in [0.15, 0.2) is 11.6 Å². The highest BCUT2D eigenvalue weighted by Crippen LogP contribution is 2.29. The number of amides is 1. The molecule has 7 nitrogen and oxygen atoms in total. The molecule has 0 bridgehead atoms. The van der Waals surface area contributed by atoms with Gasteiger partial charge in [0.1, 0.15) is 5.75 Å². The number of aromatic nitrogens is 3. The monoisotopic (exact) mass is 397 g/mol. The molecule has 0 spiro atoms. The van der Waals surface area contributed by atoms with E-state index in [0.29, 0.717) is 28.2 Å². The normalized spacial score (nSPS) is 11.2. The highest BCUT2D eigenvalue weighted by atomic mass is 32.2. The molecule has 8 heteroatoms. The second kappa shape index (κ2) is 8.35. The van der Waals surface area contributed by atoms with E-state index < -0.39 is 0 Å². The van der Waals surface area contributed by atoms with Gasteiger partial charge in [0.05, 0.1) is 11.4 Å². The lowest BCUT2D eigenvalue weighted by molar-refractivity contribution is -0.113. The molecule has 2 aromatic carbocycles. The maximum atomic E-state index is 12.4. The number of nitrogens with two attached hydrogens (primary N) is 1. The number of ether oxygens (including phenoxy) is 1. The van der Waals surface area contributed by atoms with Crippen molar-refractivity contribution in [3.8, 4) is 11.5 Å². The molecule has 0 unspecified atom stereocenters. The van der Waals surface area contributed by atoms with Crippen molar-refractivity contribution >= 4 is 23.4 Å². The first-order valence-corrected chi connectivity index (χ1v) is 9.78. The van der Waals surface area contributed by atoms with E-state index in [1.54, 1.807) is 6.07 Å². The summed E-state index contributed by atoms with van der Waals surface area (Å²) in [5.41, 5.74) is 0.373. The van der Waals surface area contributed by atoms with Crippen LogP contribution in [0.1, 0.15) is 26.6 Å². The van der Waals surface area contributed by atoms with E-state index in [-0.39, 0.29) is 17.1 Å². The van der Waals surface area contributed by atoms with Crippen molar-refractivity contribution in [2.24, 2.45) is 0 Å². The highest BCUT2D eigenvalue weighted by Gasteiger charge is 2.23. The van der Waals surface area contributed by atoms with Gasteiger partial charge in [-0.05, 0) is 24.3 Å². The zero-order valence-electron chi connectivity index (χ0n) is 16.0.